The van der Waals surface area contributed by atoms with Crippen molar-refractivity contribution in [2.45, 2.75) is 38.1 Å². The van der Waals surface area contributed by atoms with E-state index < -0.39 is 5.97 Å². The van der Waals surface area contributed by atoms with E-state index >= 15 is 0 Å². The molecule has 1 heterocycles. The van der Waals surface area contributed by atoms with Crippen LogP contribution in [0.25, 0.3) is 0 Å². The smallest absolute Gasteiger partial charge is 0.308 e. The van der Waals surface area contributed by atoms with Gasteiger partial charge >= 0.3 is 11.9 Å². The van der Waals surface area contributed by atoms with Gasteiger partial charge in [-0.3, -0.25) is 14.3 Å². The number of ether oxygens (including phenoxy) is 1. The maximum absolute atomic E-state index is 11.4. The van der Waals surface area contributed by atoms with E-state index in [0.717, 1.165) is 30.5 Å². The Morgan fingerprint density at radius 2 is 2.15 bits per heavy atom. The highest BCUT2D eigenvalue weighted by atomic mass is 16.5. The van der Waals surface area contributed by atoms with Crippen LogP contribution in [0.4, 0.5) is 0 Å². The van der Waals surface area contributed by atoms with Gasteiger partial charge in [0.15, 0.2) is 0 Å². The van der Waals surface area contributed by atoms with Gasteiger partial charge in [-0.1, -0.05) is 0 Å². The molecule has 1 atom stereocenters. The minimum absolute atomic E-state index is 0.0157. The van der Waals surface area contributed by atoms with Crippen molar-refractivity contribution in [1.82, 2.24) is 9.78 Å². The van der Waals surface area contributed by atoms with Gasteiger partial charge in [-0.2, -0.15) is 5.10 Å². The normalized spacial score (nSPS) is 28.4. The number of carboxylic acids is 1. The number of aliphatic carboxylic acids is 1. The van der Waals surface area contributed by atoms with E-state index in [1.165, 1.54) is 7.11 Å². The first-order valence-corrected chi connectivity index (χ1v) is 6.96. The number of aromatic nitrogens is 2. The molecule has 0 amide bonds. The van der Waals surface area contributed by atoms with Crippen LogP contribution in [0.3, 0.4) is 0 Å². The lowest BCUT2D eigenvalue weighted by molar-refractivity contribution is -0.150. The lowest BCUT2D eigenvalue weighted by Crippen LogP contribution is -2.33. The summed E-state index contributed by atoms with van der Waals surface area (Å²) in [6.45, 7) is 0. The van der Waals surface area contributed by atoms with Crippen molar-refractivity contribution in [2.75, 3.05) is 7.11 Å². The highest BCUT2D eigenvalue weighted by Gasteiger charge is 2.37. The topological polar surface area (TPSA) is 81.4 Å². The van der Waals surface area contributed by atoms with Gasteiger partial charge in [0.2, 0.25) is 0 Å². The summed E-state index contributed by atoms with van der Waals surface area (Å²) in [6.07, 6.45) is 5.44. The molecule has 3 rings (SSSR count). The summed E-state index contributed by atoms with van der Waals surface area (Å²) in [6, 6.07) is 0.243. The van der Waals surface area contributed by atoms with E-state index in [9.17, 15) is 9.59 Å². The molecule has 6 nitrogen and oxygen atoms in total. The van der Waals surface area contributed by atoms with Crippen molar-refractivity contribution in [3.8, 4) is 0 Å². The first-order valence-electron chi connectivity index (χ1n) is 6.96. The zero-order valence-corrected chi connectivity index (χ0v) is 11.4. The van der Waals surface area contributed by atoms with Gasteiger partial charge in [0.25, 0.3) is 0 Å². The molecule has 0 spiro atoms. The highest BCUT2D eigenvalue weighted by molar-refractivity contribution is 5.73. The summed E-state index contributed by atoms with van der Waals surface area (Å²) in [5, 5.41) is 13.6. The molecule has 20 heavy (non-hydrogen) atoms. The first kappa shape index (κ1) is 13.1. The van der Waals surface area contributed by atoms with Gasteiger partial charge in [0.1, 0.15) is 0 Å². The molecular formula is C14H18N2O4. The van der Waals surface area contributed by atoms with Crippen LogP contribution in [-0.2, 0) is 27.2 Å². The zero-order valence-electron chi connectivity index (χ0n) is 11.4. The third-order valence-electron chi connectivity index (χ3n) is 4.46. The number of esters is 1. The number of hydrogen-bond acceptors (Lipinski definition) is 4. The molecular weight excluding hydrogens is 260 g/mol. The van der Waals surface area contributed by atoms with Crippen LogP contribution in [0.5, 0.6) is 0 Å². The van der Waals surface area contributed by atoms with Crippen molar-refractivity contribution in [3.05, 3.63) is 17.5 Å². The largest absolute Gasteiger partial charge is 0.481 e. The fraction of sp³-hybridized carbons (Fsp3) is 0.643. The molecule has 0 aliphatic heterocycles. The summed E-state index contributed by atoms with van der Waals surface area (Å²) in [7, 11) is 1.41. The molecule has 0 saturated heterocycles. The van der Waals surface area contributed by atoms with Crippen LogP contribution in [-0.4, -0.2) is 33.9 Å². The monoisotopic (exact) mass is 278 g/mol. The Labute approximate surface area is 116 Å². The molecule has 1 unspecified atom stereocenters. The average Bonchev–Trinajstić information content (AvgIpc) is 2.78. The van der Waals surface area contributed by atoms with Crippen LogP contribution in [0, 0.1) is 11.8 Å². The van der Waals surface area contributed by atoms with Gasteiger partial charge < -0.3 is 9.84 Å². The summed E-state index contributed by atoms with van der Waals surface area (Å²) < 4.78 is 6.64. The van der Waals surface area contributed by atoms with Gasteiger partial charge in [-0.25, -0.2) is 0 Å². The molecule has 1 N–H and O–H groups in total. The molecule has 2 aliphatic rings. The lowest BCUT2D eigenvalue weighted by Gasteiger charge is -2.33. The summed E-state index contributed by atoms with van der Waals surface area (Å²) in [4.78, 5) is 22.4. The molecule has 2 aliphatic carbocycles. The van der Waals surface area contributed by atoms with Crippen LogP contribution in [0.15, 0.2) is 6.20 Å². The van der Waals surface area contributed by atoms with Crippen LogP contribution in [0.2, 0.25) is 0 Å². The van der Waals surface area contributed by atoms with E-state index in [-0.39, 0.29) is 23.8 Å². The van der Waals surface area contributed by atoms with E-state index in [1.54, 1.807) is 0 Å². The predicted molar refractivity (Wildman–Crippen MR) is 69.2 cm³/mol. The summed E-state index contributed by atoms with van der Waals surface area (Å²) in [5.41, 5.74) is 2.06. The van der Waals surface area contributed by atoms with Gasteiger partial charge in [0, 0.05) is 6.20 Å². The fourth-order valence-corrected chi connectivity index (χ4v) is 3.09. The maximum Gasteiger partial charge on any atom is 0.308 e. The Morgan fingerprint density at radius 1 is 1.40 bits per heavy atom. The maximum atomic E-state index is 11.4. The number of hydrogen-bond donors (Lipinski definition) is 1. The van der Waals surface area contributed by atoms with E-state index in [0.29, 0.717) is 12.8 Å². The van der Waals surface area contributed by atoms with E-state index in [2.05, 4.69) is 5.10 Å². The molecule has 1 aromatic rings. The molecule has 1 aromatic heterocycles. The minimum Gasteiger partial charge on any atom is -0.481 e. The van der Waals surface area contributed by atoms with Crippen molar-refractivity contribution in [3.63, 3.8) is 0 Å². The second-order valence-corrected chi connectivity index (χ2v) is 5.70. The van der Waals surface area contributed by atoms with E-state index in [4.69, 9.17) is 9.84 Å². The molecule has 0 aromatic carbocycles. The Bertz CT molecular complexity index is 545. The van der Waals surface area contributed by atoms with Gasteiger partial charge in [-0.15, -0.1) is 0 Å². The highest BCUT2D eigenvalue weighted by Crippen LogP contribution is 2.39. The number of carbonyl (C=O) groups is 2. The number of rotatable bonds is 3. The fourth-order valence-electron chi connectivity index (χ4n) is 3.09. The van der Waals surface area contributed by atoms with Crippen molar-refractivity contribution in [1.29, 1.82) is 0 Å². The number of aryl methyl sites for hydroxylation is 1. The molecule has 1 saturated carbocycles. The summed E-state index contributed by atoms with van der Waals surface area (Å²) >= 11 is 0. The Balaban J connectivity index is 1.67. The molecule has 108 valence electrons. The van der Waals surface area contributed by atoms with Crippen molar-refractivity contribution >= 4 is 11.9 Å². The number of nitrogens with zero attached hydrogens (tertiary/aromatic N) is 2. The Morgan fingerprint density at radius 3 is 2.80 bits per heavy atom. The van der Waals surface area contributed by atoms with Crippen LogP contribution < -0.4 is 0 Å². The quantitative estimate of drug-likeness (QED) is 0.840. The zero-order chi connectivity index (χ0) is 14.3. The molecule has 1 fully saturated rings. The second-order valence-electron chi connectivity index (χ2n) is 5.70. The molecule has 0 radical (unpaired) electrons. The standard InChI is InChI=1S/C14H18N2O4/c1-20-14(19)9-5-11(6-9)16-7-10-4-8(13(17)18)2-3-12(10)15-16/h7-9,11H,2-6H2,1H3,(H,17,18). The number of carbonyl (C=O) groups excluding carboxylic acids is 1. The molecule has 0 bridgehead atoms. The second kappa shape index (κ2) is 4.92. The SMILES string of the molecule is COC(=O)C1CC(n2cc3c(n2)CCC(C(=O)O)C3)C1. The van der Waals surface area contributed by atoms with Crippen LogP contribution in [0.1, 0.15) is 36.6 Å². The van der Waals surface area contributed by atoms with Gasteiger partial charge in [-0.05, 0) is 37.7 Å². The molecule has 6 heteroatoms. The Kier molecular flexibility index (Phi) is 3.23. The van der Waals surface area contributed by atoms with Crippen molar-refractivity contribution < 1.29 is 19.4 Å². The van der Waals surface area contributed by atoms with E-state index in [1.807, 2.05) is 10.9 Å². The lowest BCUT2D eigenvalue weighted by atomic mass is 9.80. The van der Waals surface area contributed by atoms with Crippen molar-refractivity contribution in [2.24, 2.45) is 11.8 Å². The average molecular weight is 278 g/mol. The third-order valence-corrected chi connectivity index (χ3v) is 4.46. The summed E-state index contributed by atoms with van der Waals surface area (Å²) in [5.74, 6) is -1.18. The first-order chi connectivity index (χ1) is 9.58. The predicted octanol–water partition coefficient (Wildman–Crippen LogP) is 1.20. The number of fused-ring (bicyclic) bond motifs is 1. The number of methoxy groups -OCH3 is 1. The van der Waals surface area contributed by atoms with Gasteiger partial charge in [0.05, 0.1) is 30.7 Å². The third kappa shape index (κ3) is 2.19. The van der Waals surface area contributed by atoms with Crippen LogP contribution >= 0.6 is 0 Å². The number of carboxylic acid groups (broad SMARTS) is 1. The minimum atomic E-state index is -0.724. The Hall–Kier alpha value is -1.85.